The molecule has 5 heteroatoms. The quantitative estimate of drug-likeness (QED) is 0.871. The molecule has 4 nitrogen and oxygen atoms in total. The summed E-state index contributed by atoms with van der Waals surface area (Å²) < 4.78 is 6.33. The summed E-state index contributed by atoms with van der Waals surface area (Å²) in [5, 5.41) is 0. The van der Waals surface area contributed by atoms with Gasteiger partial charge in [-0.15, -0.1) is 0 Å². The molecule has 1 aromatic carbocycles. The van der Waals surface area contributed by atoms with Crippen molar-refractivity contribution in [1.82, 2.24) is 4.90 Å². The lowest BCUT2D eigenvalue weighted by molar-refractivity contribution is 0.0587. The fourth-order valence-electron chi connectivity index (χ4n) is 2.07. The van der Waals surface area contributed by atoms with Crippen LogP contribution < -0.4 is 5.73 Å². The molecule has 18 heavy (non-hydrogen) atoms. The molecule has 1 aliphatic rings. The maximum Gasteiger partial charge on any atom is 0.253 e. The zero-order chi connectivity index (χ0) is 13.1. The summed E-state index contributed by atoms with van der Waals surface area (Å²) in [6.07, 6.45) is 2.28. The molecule has 2 rings (SSSR count). The van der Waals surface area contributed by atoms with Crippen LogP contribution in [0.2, 0.25) is 0 Å². The first-order valence-corrected chi connectivity index (χ1v) is 6.79. The lowest BCUT2D eigenvalue weighted by atomic mass is 10.1. The zero-order valence-corrected chi connectivity index (χ0v) is 11.9. The van der Waals surface area contributed by atoms with Crippen LogP contribution in [0, 0.1) is 0 Å². The fourth-order valence-corrected chi connectivity index (χ4v) is 2.32. The van der Waals surface area contributed by atoms with E-state index in [2.05, 4.69) is 15.9 Å². The summed E-state index contributed by atoms with van der Waals surface area (Å²) in [6.45, 7) is 1.44. The Morgan fingerprint density at radius 1 is 1.61 bits per heavy atom. The summed E-state index contributed by atoms with van der Waals surface area (Å²) >= 11 is 3.32. The smallest absolute Gasteiger partial charge is 0.253 e. The lowest BCUT2D eigenvalue weighted by Crippen LogP contribution is -2.34. The predicted octanol–water partition coefficient (Wildman–Crippen LogP) is 2.28. The molecule has 0 aromatic heterocycles. The molecule has 1 unspecified atom stereocenters. The standard InChI is InChI=1S/C13H17BrN2O2/c1-16(8-10-3-2-6-18-10)13(17)9-4-5-11(14)12(15)7-9/h4-5,7,10H,2-3,6,8,15H2,1H3. The van der Waals surface area contributed by atoms with E-state index in [9.17, 15) is 4.79 Å². The molecule has 1 amide bonds. The molecule has 0 saturated carbocycles. The maximum absolute atomic E-state index is 12.2. The van der Waals surface area contributed by atoms with Gasteiger partial charge in [-0.2, -0.15) is 0 Å². The van der Waals surface area contributed by atoms with Crippen molar-refractivity contribution >= 4 is 27.5 Å². The normalized spacial score (nSPS) is 18.9. The second-order valence-corrected chi connectivity index (χ2v) is 5.41. The van der Waals surface area contributed by atoms with Crippen molar-refractivity contribution in [2.24, 2.45) is 0 Å². The number of nitrogens with two attached hydrogens (primary N) is 1. The number of carbonyl (C=O) groups excluding carboxylic acids is 1. The Hall–Kier alpha value is -1.07. The van der Waals surface area contributed by atoms with Crippen LogP contribution in [0.25, 0.3) is 0 Å². The van der Waals surface area contributed by atoms with Crippen LogP contribution in [-0.2, 0) is 4.74 Å². The zero-order valence-electron chi connectivity index (χ0n) is 10.4. The van der Waals surface area contributed by atoms with E-state index in [1.54, 1.807) is 30.1 Å². The first kappa shape index (κ1) is 13.4. The molecular formula is C13H17BrN2O2. The number of hydrogen-bond donors (Lipinski definition) is 1. The molecule has 1 saturated heterocycles. The van der Waals surface area contributed by atoms with Gasteiger partial charge >= 0.3 is 0 Å². The number of hydrogen-bond acceptors (Lipinski definition) is 3. The molecule has 2 N–H and O–H groups in total. The molecule has 0 spiro atoms. The second kappa shape index (κ2) is 5.71. The van der Waals surface area contributed by atoms with E-state index in [0.29, 0.717) is 17.8 Å². The van der Waals surface area contributed by atoms with E-state index in [4.69, 9.17) is 10.5 Å². The summed E-state index contributed by atoms with van der Waals surface area (Å²) in [7, 11) is 1.79. The van der Waals surface area contributed by atoms with Gasteiger partial charge in [0.15, 0.2) is 0 Å². The Kier molecular flexibility index (Phi) is 4.24. The minimum Gasteiger partial charge on any atom is -0.398 e. The molecule has 1 atom stereocenters. The number of ether oxygens (including phenoxy) is 1. The SMILES string of the molecule is CN(CC1CCCO1)C(=O)c1ccc(Br)c(N)c1. The van der Waals surface area contributed by atoms with E-state index in [1.807, 2.05) is 0 Å². The fraction of sp³-hybridized carbons (Fsp3) is 0.462. The van der Waals surface area contributed by atoms with E-state index >= 15 is 0 Å². The van der Waals surface area contributed by atoms with Gasteiger partial charge in [-0.05, 0) is 47.0 Å². The van der Waals surface area contributed by atoms with Gasteiger partial charge in [0.2, 0.25) is 0 Å². The first-order valence-electron chi connectivity index (χ1n) is 6.00. The Morgan fingerprint density at radius 3 is 3.00 bits per heavy atom. The van der Waals surface area contributed by atoms with Crippen molar-refractivity contribution in [3.8, 4) is 0 Å². The average Bonchev–Trinajstić information content (AvgIpc) is 2.84. The molecule has 1 heterocycles. The van der Waals surface area contributed by atoms with Crippen molar-refractivity contribution in [3.63, 3.8) is 0 Å². The monoisotopic (exact) mass is 312 g/mol. The van der Waals surface area contributed by atoms with E-state index in [1.165, 1.54) is 0 Å². The van der Waals surface area contributed by atoms with E-state index in [0.717, 1.165) is 23.9 Å². The van der Waals surface area contributed by atoms with Gasteiger partial charge < -0.3 is 15.4 Å². The van der Waals surface area contributed by atoms with Gasteiger partial charge in [0.1, 0.15) is 0 Å². The summed E-state index contributed by atoms with van der Waals surface area (Å²) in [5.41, 5.74) is 6.96. The number of nitrogen functional groups attached to an aromatic ring is 1. The third-order valence-electron chi connectivity index (χ3n) is 3.09. The third-order valence-corrected chi connectivity index (χ3v) is 3.81. The van der Waals surface area contributed by atoms with Crippen LogP contribution in [0.5, 0.6) is 0 Å². The number of anilines is 1. The molecule has 1 aromatic rings. The Morgan fingerprint density at radius 2 is 2.39 bits per heavy atom. The molecular weight excluding hydrogens is 296 g/mol. The van der Waals surface area contributed by atoms with Gasteiger partial charge in [0.25, 0.3) is 5.91 Å². The van der Waals surface area contributed by atoms with Gasteiger partial charge in [0, 0.05) is 35.9 Å². The Labute approximate surface area is 115 Å². The highest BCUT2D eigenvalue weighted by molar-refractivity contribution is 9.10. The highest BCUT2D eigenvalue weighted by Gasteiger charge is 2.21. The van der Waals surface area contributed by atoms with Crippen molar-refractivity contribution < 1.29 is 9.53 Å². The number of halogens is 1. The maximum atomic E-state index is 12.2. The molecule has 0 radical (unpaired) electrons. The van der Waals surface area contributed by atoms with Crippen LogP contribution in [0.4, 0.5) is 5.69 Å². The predicted molar refractivity (Wildman–Crippen MR) is 74.5 cm³/mol. The van der Waals surface area contributed by atoms with E-state index in [-0.39, 0.29) is 12.0 Å². The van der Waals surface area contributed by atoms with Crippen molar-refractivity contribution in [1.29, 1.82) is 0 Å². The third kappa shape index (κ3) is 3.03. The van der Waals surface area contributed by atoms with Crippen molar-refractivity contribution in [3.05, 3.63) is 28.2 Å². The number of nitrogens with zero attached hydrogens (tertiary/aromatic N) is 1. The first-order chi connectivity index (χ1) is 8.58. The van der Waals surface area contributed by atoms with Crippen LogP contribution in [0.3, 0.4) is 0 Å². The minimum absolute atomic E-state index is 0.0234. The van der Waals surface area contributed by atoms with Crippen molar-refractivity contribution in [2.45, 2.75) is 18.9 Å². The minimum atomic E-state index is -0.0234. The van der Waals surface area contributed by atoms with Gasteiger partial charge in [0.05, 0.1) is 6.10 Å². The average molecular weight is 313 g/mol. The molecule has 1 fully saturated rings. The highest BCUT2D eigenvalue weighted by atomic mass is 79.9. The molecule has 0 aliphatic carbocycles. The Balaban J connectivity index is 2.02. The number of carbonyl (C=O) groups is 1. The van der Waals surface area contributed by atoms with Crippen molar-refractivity contribution in [2.75, 3.05) is 25.9 Å². The number of rotatable bonds is 3. The summed E-state index contributed by atoms with van der Waals surface area (Å²) in [6, 6.07) is 5.26. The van der Waals surface area contributed by atoms with E-state index < -0.39 is 0 Å². The molecule has 1 aliphatic heterocycles. The summed E-state index contributed by atoms with van der Waals surface area (Å²) in [4.78, 5) is 13.9. The van der Waals surface area contributed by atoms with Crippen LogP contribution in [-0.4, -0.2) is 37.1 Å². The Bertz CT molecular complexity index is 445. The largest absolute Gasteiger partial charge is 0.398 e. The van der Waals surface area contributed by atoms with Crippen LogP contribution in [0.15, 0.2) is 22.7 Å². The highest BCUT2D eigenvalue weighted by Crippen LogP contribution is 2.21. The number of benzene rings is 1. The molecule has 98 valence electrons. The summed E-state index contributed by atoms with van der Waals surface area (Å²) in [5.74, 6) is -0.0234. The number of likely N-dealkylation sites (N-methyl/N-ethyl adjacent to an activating group) is 1. The van der Waals surface area contributed by atoms with Gasteiger partial charge in [-0.3, -0.25) is 4.79 Å². The van der Waals surface area contributed by atoms with Gasteiger partial charge in [-0.1, -0.05) is 0 Å². The lowest BCUT2D eigenvalue weighted by Gasteiger charge is -2.21. The second-order valence-electron chi connectivity index (χ2n) is 4.56. The van der Waals surface area contributed by atoms with Crippen LogP contribution >= 0.6 is 15.9 Å². The molecule has 0 bridgehead atoms. The topological polar surface area (TPSA) is 55.6 Å². The van der Waals surface area contributed by atoms with Gasteiger partial charge in [-0.25, -0.2) is 0 Å². The van der Waals surface area contributed by atoms with Crippen LogP contribution in [0.1, 0.15) is 23.2 Å². The number of amides is 1.